The van der Waals surface area contributed by atoms with Gasteiger partial charge >= 0.3 is 0 Å². The first-order valence-electron chi connectivity index (χ1n) is 5.88. The molecule has 0 atom stereocenters. The summed E-state index contributed by atoms with van der Waals surface area (Å²) in [6.07, 6.45) is 3.89. The maximum atomic E-state index is 9.79. The summed E-state index contributed by atoms with van der Waals surface area (Å²) in [4.78, 5) is 0. The topological polar surface area (TPSA) is 32.3 Å². The molecule has 2 rings (SSSR count). The lowest BCUT2D eigenvalue weighted by Crippen LogP contribution is -2.36. The van der Waals surface area contributed by atoms with E-state index in [2.05, 4.69) is 12.2 Å². The van der Waals surface area contributed by atoms with Crippen LogP contribution < -0.4 is 5.32 Å². The zero-order chi connectivity index (χ0) is 12.5. The number of aromatic hydroxyl groups is 1. The minimum absolute atomic E-state index is 0.127. The molecule has 1 aromatic carbocycles. The maximum absolute atomic E-state index is 9.79. The van der Waals surface area contributed by atoms with Gasteiger partial charge in [0.1, 0.15) is 5.75 Å². The van der Waals surface area contributed by atoms with Crippen molar-refractivity contribution in [1.82, 2.24) is 5.32 Å². The molecule has 0 radical (unpaired) electrons. The monoisotopic (exact) mass is 273 g/mol. The van der Waals surface area contributed by atoms with Crippen molar-refractivity contribution in [1.29, 1.82) is 0 Å². The number of benzene rings is 1. The van der Waals surface area contributed by atoms with Gasteiger partial charge in [0.05, 0.1) is 5.02 Å². The fourth-order valence-electron chi connectivity index (χ4n) is 2.21. The molecule has 0 heterocycles. The second-order valence-electron chi connectivity index (χ2n) is 5.16. The van der Waals surface area contributed by atoms with Gasteiger partial charge in [-0.25, -0.2) is 0 Å². The first-order chi connectivity index (χ1) is 8.00. The highest BCUT2D eigenvalue weighted by Gasteiger charge is 2.30. The molecule has 0 bridgehead atoms. The number of hydrogen-bond acceptors (Lipinski definition) is 2. The van der Waals surface area contributed by atoms with Crippen molar-refractivity contribution < 1.29 is 5.11 Å². The van der Waals surface area contributed by atoms with E-state index in [-0.39, 0.29) is 5.75 Å². The van der Waals surface area contributed by atoms with Crippen molar-refractivity contribution in [2.75, 3.05) is 6.54 Å². The molecule has 0 amide bonds. The van der Waals surface area contributed by atoms with Gasteiger partial charge in [-0.2, -0.15) is 0 Å². The standard InChI is InChI=1S/C13H17Cl2NO/c1-13(3-2-4-13)8-16-7-9-5-10(14)6-11(15)12(9)17/h5-6,16-17H,2-4,7-8H2,1H3. The van der Waals surface area contributed by atoms with E-state index in [0.717, 1.165) is 12.1 Å². The number of phenolic OH excluding ortho intramolecular Hbond substituents is 1. The maximum Gasteiger partial charge on any atom is 0.138 e. The van der Waals surface area contributed by atoms with Crippen molar-refractivity contribution in [3.05, 3.63) is 27.7 Å². The Balaban J connectivity index is 1.94. The second kappa shape index (κ2) is 5.05. The molecule has 1 fully saturated rings. The van der Waals surface area contributed by atoms with E-state index in [4.69, 9.17) is 23.2 Å². The zero-order valence-electron chi connectivity index (χ0n) is 9.89. The lowest BCUT2D eigenvalue weighted by molar-refractivity contribution is 0.156. The van der Waals surface area contributed by atoms with Gasteiger partial charge in [-0.15, -0.1) is 0 Å². The van der Waals surface area contributed by atoms with Crippen LogP contribution in [0.5, 0.6) is 5.75 Å². The van der Waals surface area contributed by atoms with Gasteiger partial charge in [-0.1, -0.05) is 36.5 Å². The highest BCUT2D eigenvalue weighted by atomic mass is 35.5. The van der Waals surface area contributed by atoms with E-state index < -0.39 is 0 Å². The van der Waals surface area contributed by atoms with Crippen LogP contribution in [0.2, 0.25) is 10.0 Å². The van der Waals surface area contributed by atoms with E-state index in [9.17, 15) is 5.11 Å². The second-order valence-corrected chi connectivity index (χ2v) is 6.01. The predicted molar refractivity (Wildman–Crippen MR) is 71.8 cm³/mol. The summed E-state index contributed by atoms with van der Waals surface area (Å²) < 4.78 is 0. The normalized spacial score (nSPS) is 17.8. The fourth-order valence-corrected chi connectivity index (χ4v) is 2.75. The van der Waals surface area contributed by atoms with E-state index in [1.807, 2.05) is 0 Å². The van der Waals surface area contributed by atoms with Gasteiger partial charge in [0.15, 0.2) is 0 Å². The molecule has 17 heavy (non-hydrogen) atoms. The largest absolute Gasteiger partial charge is 0.506 e. The van der Waals surface area contributed by atoms with Crippen molar-refractivity contribution in [2.45, 2.75) is 32.7 Å². The van der Waals surface area contributed by atoms with Gasteiger partial charge in [0, 0.05) is 23.7 Å². The number of hydrogen-bond donors (Lipinski definition) is 2. The average molecular weight is 274 g/mol. The average Bonchev–Trinajstić information content (AvgIpc) is 2.22. The Hall–Kier alpha value is -0.440. The smallest absolute Gasteiger partial charge is 0.138 e. The first kappa shape index (κ1) is 13.0. The van der Waals surface area contributed by atoms with Crippen LogP contribution in [0.15, 0.2) is 12.1 Å². The Labute approximate surface area is 112 Å². The predicted octanol–water partition coefficient (Wildman–Crippen LogP) is 3.98. The van der Waals surface area contributed by atoms with Crippen LogP contribution >= 0.6 is 23.2 Å². The Morgan fingerprint density at radius 3 is 2.65 bits per heavy atom. The highest BCUT2D eigenvalue weighted by molar-refractivity contribution is 6.35. The van der Waals surface area contributed by atoms with Crippen LogP contribution in [0.25, 0.3) is 0 Å². The Kier molecular flexibility index (Phi) is 3.86. The van der Waals surface area contributed by atoms with Crippen LogP contribution in [-0.4, -0.2) is 11.7 Å². The first-order valence-corrected chi connectivity index (χ1v) is 6.63. The van der Waals surface area contributed by atoms with Gasteiger partial charge in [-0.05, 0) is 30.4 Å². The summed E-state index contributed by atoms with van der Waals surface area (Å²) in [6, 6.07) is 3.30. The van der Waals surface area contributed by atoms with E-state index >= 15 is 0 Å². The summed E-state index contributed by atoms with van der Waals surface area (Å²) >= 11 is 11.8. The SMILES string of the molecule is CC1(CNCc2cc(Cl)cc(Cl)c2O)CCC1. The minimum atomic E-state index is 0.127. The summed E-state index contributed by atoms with van der Waals surface area (Å²) in [5, 5.41) is 14.0. The minimum Gasteiger partial charge on any atom is -0.506 e. The molecule has 0 saturated heterocycles. The van der Waals surface area contributed by atoms with E-state index in [1.54, 1.807) is 12.1 Å². The Morgan fingerprint density at radius 2 is 2.06 bits per heavy atom. The molecule has 1 saturated carbocycles. The number of phenols is 1. The van der Waals surface area contributed by atoms with Crippen molar-refractivity contribution in [3.8, 4) is 5.75 Å². The quantitative estimate of drug-likeness (QED) is 0.870. The molecule has 1 aliphatic carbocycles. The summed E-state index contributed by atoms with van der Waals surface area (Å²) in [7, 11) is 0. The van der Waals surface area contributed by atoms with E-state index in [1.165, 1.54) is 19.3 Å². The highest BCUT2D eigenvalue weighted by Crippen LogP contribution is 2.39. The molecule has 94 valence electrons. The Bertz CT molecular complexity index is 416. The molecule has 4 heteroatoms. The van der Waals surface area contributed by atoms with Crippen molar-refractivity contribution in [3.63, 3.8) is 0 Å². The molecule has 0 spiro atoms. The molecule has 2 nitrogen and oxygen atoms in total. The molecular weight excluding hydrogens is 257 g/mol. The number of halogens is 2. The van der Waals surface area contributed by atoms with Crippen LogP contribution in [0.3, 0.4) is 0 Å². The lowest BCUT2D eigenvalue weighted by atomic mass is 9.70. The number of rotatable bonds is 4. The van der Waals surface area contributed by atoms with Gasteiger partial charge in [-0.3, -0.25) is 0 Å². The third kappa shape index (κ3) is 3.06. The molecule has 0 aromatic heterocycles. The van der Waals surface area contributed by atoms with Crippen molar-refractivity contribution in [2.24, 2.45) is 5.41 Å². The number of nitrogens with one attached hydrogen (secondary N) is 1. The van der Waals surface area contributed by atoms with Gasteiger partial charge in [0.2, 0.25) is 0 Å². The molecule has 1 aromatic rings. The zero-order valence-corrected chi connectivity index (χ0v) is 11.4. The Morgan fingerprint density at radius 1 is 1.35 bits per heavy atom. The lowest BCUT2D eigenvalue weighted by Gasteiger charge is -2.38. The van der Waals surface area contributed by atoms with E-state index in [0.29, 0.717) is 22.0 Å². The molecule has 2 N–H and O–H groups in total. The third-order valence-corrected chi connectivity index (χ3v) is 4.04. The van der Waals surface area contributed by atoms with Crippen LogP contribution in [-0.2, 0) is 6.54 Å². The molecular formula is C13H17Cl2NO. The summed E-state index contributed by atoms with van der Waals surface area (Å²) in [5.41, 5.74) is 1.18. The third-order valence-electron chi connectivity index (χ3n) is 3.54. The summed E-state index contributed by atoms with van der Waals surface area (Å²) in [5.74, 6) is 0.127. The molecule has 0 unspecified atom stereocenters. The van der Waals surface area contributed by atoms with Crippen LogP contribution in [0, 0.1) is 5.41 Å². The van der Waals surface area contributed by atoms with Crippen molar-refractivity contribution >= 4 is 23.2 Å². The van der Waals surface area contributed by atoms with Crippen LogP contribution in [0.4, 0.5) is 0 Å². The van der Waals surface area contributed by atoms with Crippen LogP contribution in [0.1, 0.15) is 31.7 Å². The van der Waals surface area contributed by atoms with Gasteiger partial charge < -0.3 is 10.4 Å². The van der Waals surface area contributed by atoms with Gasteiger partial charge in [0.25, 0.3) is 0 Å². The summed E-state index contributed by atoms with van der Waals surface area (Å²) in [6.45, 7) is 3.85. The molecule has 0 aliphatic heterocycles. The molecule has 1 aliphatic rings. The fraction of sp³-hybridized carbons (Fsp3) is 0.538.